The maximum absolute atomic E-state index is 13.0. The molecule has 1 N–H and O–H groups in total. The van der Waals surface area contributed by atoms with Crippen LogP contribution in [0, 0.1) is 0 Å². The van der Waals surface area contributed by atoms with E-state index in [1.165, 1.54) is 12.1 Å². The lowest BCUT2D eigenvalue weighted by atomic mass is 9.98. The standard InChI is InChI=1S/C12H16BrF2NOS.C12H14BrF2NOS.C4H7BO/c2*1-12(2,3)18(17)16-10(11(14)15)8-4-6-9(13)7-5-8;5-4-2-1-3-6-4/h4-7,10-11,16H,1-3H3;4-7,11H,1-3H3;4H,1-3H2/t10-,18+;18-;/m10./s1. The van der Waals surface area contributed by atoms with Crippen molar-refractivity contribution in [1.82, 2.24) is 4.72 Å². The number of nitrogens with zero attached hydrogens (tertiary/aromatic N) is 1. The smallest absolute Gasteiger partial charge is 0.281 e. The van der Waals surface area contributed by atoms with Crippen molar-refractivity contribution in [3.05, 3.63) is 68.6 Å². The molecule has 5 nitrogen and oxygen atoms in total. The molecule has 2 aromatic carbocycles. The molecule has 0 amide bonds. The zero-order valence-electron chi connectivity index (χ0n) is 24.4. The average Bonchev–Trinajstić information content (AvgIpc) is 3.37. The summed E-state index contributed by atoms with van der Waals surface area (Å²) in [6.45, 7) is 11.1. The van der Waals surface area contributed by atoms with Gasteiger partial charge in [-0.3, -0.25) is 0 Å². The number of hydrogen-bond acceptors (Lipinski definition) is 3. The molecule has 0 saturated carbocycles. The number of benzene rings is 2. The number of alkyl halides is 4. The summed E-state index contributed by atoms with van der Waals surface area (Å²) in [5, 5.41) is 0. The fourth-order valence-electron chi connectivity index (χ4n) is 2.90. The van der Waals surface area contributed by atoms with E-state index in [1.807, 2.05) is 0 Å². The van der Waals surface area contributed by atoms with Crippen LogP contribution in [0.4, 0.5) is 17.6 Å². The fourth-order valence-corrected chi connectivity index (χ4v) is 4.88. The minimum atomic E-state index is -2.75. The normalized spacial score (nSPS) is 18.0. The molecule has 14 heteroatoms. The summed E-state index contributed by atoms with van der Waals surface area (Å²) in [6, 6.07) is 11.7. The van der Waals surface area contributed by atoms with Crippen LogP contribution in [-0.4, -0.2) is 56.9 Å². The van der Waals surface area contributed by atoms with Gasteiger partial charge in [-0.05, 0) is 84.2 Å². The van der Waals surface area contributed by atoms with Crippen LogP contribution in [-0.2, 0) is 26.7 Å². The zero-order chi connectivity index (χ0) is 32.3. The minimum absolute atomic E-state index is 0.0463. The Labute approximate surface area is 269 Å². The summed E-state index contributed by atoms with van der Waals surface area (Å²) in [5.74, 6) is 0. The molecule has 1 aliphatic rings. The predicted octanol–water partition coefficient (Wildman–Crippen LogP) is 8.06. The lowest BCUT2D eigenvalue weighted by Crippen LogP contribution is -2.38. The van der Waals surface area contributed by atoms with Crippen molar-refractivity contribution < 1.29 is 30.7 Å². The highest BCUT2D eigenvalue weighted by atomic mass is 79.9. The third-order valence-corrected chi connectivity index (χ3v) is 9.34. The van der Waals surface area contributed by atoms with E-state index in [4.69, 9.17) is 12.6 Å². The van der Waals surface area contributed by atoms with Gasteiger partial charge >= 0.3 is 0 Å². The molecule has 3 rings (SSSR count). The van der Waals surface area contributed by atoms with Crippen molar-refractivity contribution in [3.8, 4) is 0 Å². The van der Waals surface area contributed by atoms with Crippen LogP contribution < -0.4 is 4.72 Å². The van der Waals surface area contributed by atoms with E-state index in [0.29, 0.717) is 5.56 Å². The summed E-state index contributed by atoms with van der Waals surface area (Å²) in [6.07, 6.45) is -3.18. The molecule has 2 aromatic rings. The van der Waals surface area contributed by atoms with Crippen molar-refractivity contribution in [2.24, 2.45) is 4.40 Å². The molecule has 0 bridgehead atoms. The van der Waals surface area contributed by atoms with Gasteiger partial charge in [-0.25, -0.2) is 30.7 Å². The molecular weight excluding hydrogens is 723 g/mol. The molecular formula is C28H37BBr2F4N2O3S2. The minimum Gasteiger partial charge on any atom is -0.388 e. The fraction of sp³-hybridized carbons (Fsp3) is 0.536. The molecule has 1 fully saturated rings. The SMILES string of the molecule is CC(C)(C)[S@](=O)N=C(c1ccc(Br)cc1)C(F)F.CC(C)(C)[S@](=O)N[C@H](c1ccc(Br)cc1)C(F)F.[B]C1CCCO1. The van der Waals surface area contributed by atoms with Gasteiger partial charge in [-0.1, -0.05) is 56.1 Å². The Bertz CT molecular complexity index is 1170. The largest absolute Gasteiger partial charge is 0.388 e. The molecule has 1 saturated heterocycles. The van der Waals surface area contributed by atoms with Crippen LogP contribution in [0.1, 0.15) is 71.6 Å². The summed E-state index contributed by atoms with van der Waals surface area (Å²) >= 11 is 6.47. The predicted molar refractivity (Wildman–Crippen MR) is 173 cm³/mol. The van der Waals surface area contributed by atoms with Gasteiger partial charge in [0.15, 0.2) is 0 Å². The van der Waals surface area contributed by atoms with Crippen molar-refractivity contribution in [2.45, 2.75) is 88.8 Å². The molecule has 234 valence electrons. The van der Waals surface area contributed by atoms with Crippen LogP contribution >= 0.6 is 31.9 Å². The number of hydrogen-bond donors (Lipinski definition) is 1. The molecule has 1 unspecified atom stereocenters. The van der Waals surface area contributed by atoms with Gasteiger partial charge in [0.05, 0.1) is 20.5 Å². The van der Waals surface area contributed by atoms with Crippen molar-refractivity contribution >= 4 is 67.4 Å². The first-order valence-corrected chi connectivity index (χ1v) is 16.8. The Balaban J connectivity index is 0.000000350. The summed E-state index contributed by atoms with van der Waals surface area (Å²) in [4.78, 5) is 0. The van der Waals surface area contributed by atoms with Gasteiger partial charge in [0.25, 0.3) is 12.9 Å². The molecule has 42 heavy (non-hydrogen) atoms. The molecule has 0 aromatic heterocycles. The second-order valence-electron chi connectivity index (χ2n) is 11.1. The highest BCUT2D eigenvalue weighted by Crippen LogP contribution is 2.25. The van der Waals surface area contributed by atoms with Crippen LogP contribution in [0.25, 0.3) is 0 Å². The van der Waals surface area contributed by atoms with Crippen molar-refractivity contribution in [3.63, 3.8) is 0 Å². The number of ether oxygens (including phenoxy) is 1. The van der Waals surface area contributed by atoms with Crippen LogP contribution in [0.2, 0.25) is 0 Å². The van der Waals surface area contributed by atoms with Gasteiger partial charge < -0.3 is 4.74 Å². The van der Waals surface area contributed by atoms with Gasteiger partial charge in [-0.15, -0.1) is 0 Å². The molecule has 0 spiro atoms. The van der Waals surface area contributed by atoms with E-state index in [-0.39, 0.29) is 11.6 Å². The van der Waals surface area contributed by atoms with Crippen molar-refractivity contribution in [2.75, 3.05) is 6.61 Å². The monoisotopic (exact) mass is 758 g/mol. The molecule has 1 heterocycles. The number of rotatable bonds is 7. The van der Waals surface area contributed by atoms with Crippen molar-refractivity contribution in [1.29, 1.82) is 0 Å². The molecule has 1 aliphatic heterocycles. The van der Waals surface area contributed by atoms with Gasteiger partial charge in [0.2, 0.25) is 0 Å². The first-order chi connectivity index (χ1) is 19.3. The maximum Gasteiger partial charge on any atom is 0.281 e. The Kier molecular flexibility index (Phi) is 16.9. The summed E-state index contributed by atoms with van der Waals surface area (Å²) in [7, 11) is 2.08. The van der Waals surface area contributed by atoms with Gasteiger partial charge in [-0.2, -0.15) is 4.40 Å². The number of halogens is 6. The second kappa shape index (κ2) is 18.1. The van der Waals surface area contributed by atoms with E-state index in [0.717, 1.165) is 28.4 Å². The summed E-state index contributed by atoms with van der Waals surface area (Å²) < 4.78 is 87.1. The third kappa shape index (κ3) is 14.7. The molecule has 0 aliphatic carbocycles. The average molecular weight is 760 g/mol. The number of nitrogens with one attached hydrogen (secondary N) is 1. The van der Waals surface area contributed by atoms with Crippen LogP contribution in [0.15, 0.2) is 61.9 Å². The topological polar surface area (TPSA) is 67.8 Å². The quantitative estimate of drug-likeness (QED) is 0.177. The lowest BCUT2D eigenvalue weighted by molar-refractivity contribution is 0.109. The second-order valence-corrected chi connectivity index (χ2v) is 16.8. The summed E-state index contributed by atoms with van der Waals surface area (Å²) in [5.41, 5.74) is 0.271. The van der Waals surface area contributed by atoms with Crippen LogP contribution in [0.3, 0.4) is 0 Å². The van der Waals surface area contributed by atoms with E-state index in [1.54, 1.807) is 77.9 Å². The van der Waals surface area contributed by atoms with Gasteiger partial charge in [0.1, 0.15) is 30.6 Å². The van der Waals surface area contributed by atoms with E-state index < -0.39 is 56.1 Å². The Morgan fingerprint density at radius 2 is 1.43 bits per heavy atom. The van der Waals surface area contributed by atoms with E-state index in [9.17, 15) is 26.0 Å². The molecule has 4 atom stereocenters. The Morgan fingerprint density at radius 1 is 0.929 bits per heavy atom. The first kappa shape index (κ1) is 39.1. The van der Waals surface area contributed by atoms with E-state index >= 15 is 0 Å². The molecule has 2 radical (unpaired) electrons. The maximum atomic E-state index is 13.0. The lowest BCUT2D eigenvalue weighted by Gasteiger charge is -2.24. The Hall–Kier alpha value is -0.925. The van der Waals surface area contributed by atoms with Gasteiger partial charge in [0, 0.05) is 27.1 Å². The van der Waals surface area contributed by atoms with Crippen LogP contribution in [0.5, 0.6) is 0 Å². The van der Waals surface area contributed by atoms with E-state index in [2.05, 4.69) is 41.0 Å². The Morgan fingerprint density at radius 3 is 1.76 bits per heavy atom. The first-order valence-electron chi connectivity index (χ1n) is 13.0. The zero-order valence-corrected chi connectivity index (χ0v) is 29.2. The highest BCUT2D eigenvalue weighted by Gasteiger charge is 2.29. The third-order valence-electron chi connectivity index (χ3n) is 5.29. The highest BCUT2D eigenvalue weighted by molar-refractivity contribution is 9.10.